The second kappa shape index (κ2) is 7.95. The van der Waals surface area contributed by atoms with Crippen LogP contribution in [-0.2, 0) is 12.4 Å². The number of methoxy groups -OCH3 is 1. The number of aryl methyl sites for hydroxylation is 1. The van der Waals surface area contributed by atoms with E-state index in [1.165, 1.54) is 36.6 Å². The number of rotatable bonds is 6. The Morgan fingerprint density at radius 2 is 2.00 bits per heavy atom. The molecule has 10 heteroatoms. The molecule has 1 N–H and O–H groups in total. The molecule has 162 valence electrons. The number of ether oxygens (including phenoxy) is 1. The Labute approximate surface area is 177 Å². The maximum absolute atomic E-state index is 14.8. The van der Waals surface area contributed by atoms with Crippen LogP contribution in [0.1, 0.15) is 22.3 Å². The molecule has 0 radical (unpaired) electrons. The van der Waals surface area contributed by atoms with Crippen LogP contribution in [0.25, 0.3) is 0 Å². The van der Waals surface area contributed by atoms with Gasteiger partial charge in [0.25, 0.3) is 11.8 Å². The summed E-state index contributed by atoms with van der Waals surface area (Å²) in [5.74, 6) is -4.13. The highest BCUT2D eigenvalue weighted by Gasteiger charge is 2.51. The minimum atomic E-state index is -2.21. The van der Waals surface area contributed by atoms with Gasteiger partial charge < -0.3 is 14.7 Å². The van der Waals surface area contributed by atoms with Gasteiger partial charge in [0.1, 0.15) is 30.0 Å². The first kappa shape index (κ1) is 20.7. The number of carbonyl (C=O) groups excluding carboxylic acids is 1. The van der Waals surface area contributed by atoms with Crippen molar-refractivity contribution in [3.05, 3.63) is 71.8 Å². The van der Waals surface area contributed by atoms with E-state index in [4.69, 9.17) is 4.74 Å². The number of hydrogen-bond acceptors (Lipinski definition) is 6. The van der Waals surface area contributed by atoms with E-state index in [9.17, 15) is 18.7 Å². The van der Waals surface area contributed by atoms with E-state index < -0.39 is 23.4 Å². The van der Waals surface area contributed by atoms with Gasteiger partial charge in [0.05, 0.1) is 23.9 Å². The van der Waals surface area contributed by atoms with Crippen LogP contribution >= 0.6 is 0 Å². The van der Waals surface area contributed by atoms with E-state index >= 15 is 0 Å². The third-order valence-electron chi connectivity index (χ3n) is 5.40. The largest absolute Gasteiger partial charge is 0.495 e. The van der Waals surface area contributed by atoms with Gasteiger partial charge in [0, 0.05) is 26.2 Å². The molecule has 0 aliphatic carbocycles. The fourth-order valence-electron chi connectivity index (χ4n) is 3.91. The van der Waals surface area contributed by atoms with Crippen LogP contribution in [-0.4, -0.2) is 51.4 Å². The summed E-state index contributed by atoms with van der Waals surface area (Å²) in [7, 11) is 2.97. The van der Waals surface area contributed by atoms with Crippen molar-refractivity contribution in [3.63, 3.8) is 0 Å². The smallest absolute Gasteiger partial charge is 0.260 e. The summed E-state index contributed by atoms with van der Waals surface area (Å²) in [6.07, 6.45) is 3.34. The topological polar surface area (TPSA) is 83.7 Å². The Morgan fingerprint density at radius 3 is 2.68 bits per heavy atom. The van der Waals surface area contributed by atoms with Crippen LogP contribution in [0.3, 0.4) is 0 Å². The number of aliphatic hydroxyl groups is 1. The standard InChI is InChI=1S/C21H21F2N5O3/c1-26-19-15(5-3-6-18(19)31-2)20(29)28(10-4-9-27-13-24-12-25-27)21(26,30)16-8-7-14(22)11-17(16)23/h3,5-8,11-13,30H,4,9-10H2,1-2H3. The molecule has 31 heavy (non-hydrogen) atoms. The van der Waals surface area contributed by atoms with E-state index in [2.05, 4.69) is 10.1 Å². The molecule has 1 aliphatic heterocycles. The van der Waals surface area contributed by atoms with Gasteiger partial charge in [-0.25, -0.2) is 13.8 Å². The Bertz CT molecular complexity index is 1110. The quantitative estimate of drug-likeness (QED) is 0.648. The van der Waals surface area contributed by atoms with Gasteiger partial charge in [0.2, 0.25) is 0 Å². The van der Waals surface area contributed by atoms with Crippen molar-refractivity contribution in [2.24, 2.45) is 0 Å². The monoisotopic (exact) mass is 429 g/mol. The summed E-state index contributed by atoms with van der Waals surface area (Å²) >= 11 is 0. The lowest BCUT2D eigenvalue weighted by Crippen LogP contribution is -2.63. The molecular weight excluding hydrogens is 408 g/mol. The van der Waals surface area contributed by atoms with Gasteiger partial charge in [0.15, 0.2) is 0 Å². The van der Waals surface area contributed by atoms with E-state index in [1.807, 2.05) is 0 Å². The molecule has 2 heterocycles. The van der Waals surface area contributed by atoms with Gasteiger partial charge in [-0.1, -0.05) is 6.07 Å². The summed E-state index contributed by atoms with van der Waals surface area (Å²) < 4.78 is 35.4. The van der Waals surface area contributed by atoms with E-state index in [0.29, 0.717) is 36.0 Å². The lowest BCUT2D eigenvalue weighted by atomic mass is 9.97. The van der Waals surface area contributed by atoms with Crippen molar-refractivity contribution in [2.75, 3.05) is 25.6 Å². The molecule has 1 unspecified atom stereocenters. The highest BCUT2D eigenvalue weighted by molar-refractivity contribution is 6.03. The molecule has 0 fully saturated rings. The Balaban J connectivity index is 1.81. The Kier molecular flexibility index (Phi) is 5.32. The number of aromatic nitrogens is 3. The highest BCUT2D eigenvalue weighted by Crippen LogP contribution is 2.45. The lowest BCUT2D eigenvalue weighted by molar-refractivity contribution is -0.0994. The second-order valence-electron chi connectivity index (χ2n) is 7.14. The summed E-state index contributed by atoms with van der Waals surface area (Å²) in [4.78, 5) is 19.9. The van der Waals surface area contributed by atoms with Gasteiger partial charge in [-0.3, -0.25) is 14.4 Å². The molecule has 1 atom stereocenters. The van der Waals surface area contributed by atoms with Crippen molar-refractivity contribution in [1.82, 2.24) is 19.7 Å². The van der Waals surface area contributed by atoms with Crippen molar-refractivity contribution >= 4 is 11.6 Å². The number of halogens is 2. The minimum Gasteiger partial charge on any atom is -0.495 e. The molecule has 1 aliphatic rings. The normalized spacial score (nSPS) is 18.3. The summed E-state index contributed by atoms with van der Waals surface area (Å²) in [5, 5.41) is 15.8. The summed E-state index contributed by atoms with van der Waals surface area (Å²) in [6.45, 7) is 0.507. The number of amides is 1. The van der Waals surface area contributed by atoms with Gasteiger partial charge in [-0.15, -0.1) is 0 Å². The predicted molar refractivity (Wildman–Crippen MR) is 107 cm³/mol. The minimum absolute atomic E-state index is 0.0764. The number of hydrogen-bond donors (Lipinski definition) is 1. The SMILES string of the molecule is COc1cccc2c1N(C)C(O)(c1ccc(F)cc1F)N(CCCn1cncn1)C2=O. The molecule has 0 spiro atoms. The zero-order valence-electron chi connectivity index (χ0n) is 17.0. The second-order valence-corrected chi connectivity index (χ2v) is 7.14. The molecule has 1 amide bonds. The zero-order chi connectivity index (χ0) is 22.2. The predicted octanol–water partition coefficient (Wildman–Crippen LogP) is 2.35. The average Bonchev–Trinajstić information content (AvgIpc) is 3.27. The highest BCUT2D eigenvalue weighted by atomic mass is 19.1. The van der Waals surface area contributed by atoms with Crippen LogP contribution in [0.4, 0.5) is 14.5 Å². The molecule has 0 saturated carbocycles. The fourth-order valence-corrected chi connectivity index (χ4v) is 3.91. The summed E-state index contributed by atoms with van der Waals surface area (Å²) in [5.41, 5.74) is 0.366. The van der Waals surface area contributed by atoms with Crippen molar-refractivity contribution in [1.29, 1.82) is 0 Å². The molecule has 0 saturated heterocycles. The van der Waals surface area contributed by atoms with Gasteiger partial charge in [-0.2, -0.15) is 5.10 Å². The van der Waals surface area contributed by atoms with Crippen LogP contribution in [0.5, 0.6) is 5.75 Å². The first-order valence-electron chi connectivity index (χ1n) is 9.61. The van der Waals surface area contributed by atoms with Crippen LogP contribution in [0.2, 0.25) is 0 Å². The molecule has 0 bridgehead atoms. The van der Waals surface area contributed by atoms with Crippen molar-refractivity contribution in [2.45, 2.75) is 18.8 Å². The number of benzene rings is 2. The first-order valence-corrected chi connectivity index (χ1v) is 9.61. The number of para-hydroxylation sites is 1. The third-order valence-corrected chi connectivity index (χ3v) is 5.40. The maximum Gasteiger partial charge on any atom is 0.260 e. The third kappa shape index (κ3) is 3.38. The number of carbonyl (C=O) groups is 1. The molecule has 4 rings (SSSR count). The molecule has 2 aromatic carbocycles. The number of nitrogens with zero attached hydrogens (tertiary/aromatic N) is 5. The fraction of sp³-hybridized carbons (Fsp3) is 0.286. The average molecular weight is 429 g/mol. The van der Waals surface area contributed by atoms with E-state index in [0.717, 1.165) is 12.1 Å². The van der Waals surface area contributed by atoms with E-state index in [-0.39, 0.29) is 12.1 Å². The lowest BCUT2D eigenvalue weighted by Gasteiger charge is -2.50. The van der Waals surface area contributed by atoms with E-state index in [1.54, 1.807) is 22.9 Å². The maximum atomic E-state index is 14.8. The first-order chi connectivity index (χ1) is 14.9. The number of anilines is 1. The van der Waals surface area contributed by atoms with Crippen molar-refractivity contribution in [3.8, 4) is 5.75 Å². The molecule has 3 aromatic rings. The Morgan fingerprint density at radius 1 is 1.19 bits per heavy atom. The Hall–Kier alpha value is -3.53. The molecular formula is C21H21F2N5O3. The van der Waals surface area contributed by atoms with Crippen LogP contribution < -0.4 is 9.64 Å². The number of fused-ring (bicyclic) bond motifs is 1. The van der Waals surface area contributed by atoms with Gasteiger partial charge in [-0.05, 0) is 30.7 Å². The van der Waals surface area contributed by atoms with Crippen LogP contribution in [0, 0.1) is 11.6 Å². The zero-order valence-corrected chi connectivity index (χ0v) is 17.0. The molecule has 8 nitrogen and oxygen atoms in total. The van der Waals surface area contributed by atoms with Crippen LogP contribution in [0.15, 0.2) is 49.1 Å². The summed E-state index contributed by atoms with van der Waals surface area (Å²) in [6, 6.07) is 7.78. The molecule has 1 aromatic heterocycles. The van der Waals surface area contributed by atoms with Crippen molar-refractivity contribution < 1.29 is 23.4 Å². The van der Waals surface area contributed by atoms with Gasteiger partial charge >= 0.3 is 0 Å².